The number of hydrogen-bond donors (Lipinski definition) is 2. The molecule has 120 valence electrons. The zero-order chi connectivity index (χ0) is 16.5. The normalized spacial score (nSPS) is 11.0. The van der Waals surface area contributed by atoms with Crippen LogP contribution in [0.4, 0.5) is 5.69 Å². The summed E-state index contributed by atoms with van der Waals surface area (Å²) in [5.74, 6) is 0.611. The van der Waals surface area contributed by atoms with Crippen molar-refractivity contribution in [2.75, 3.05) is 18.5 Å². The van der Waals surface area contributed by atoms with Gasteiger partial charge in [0.15, 0.2) is 0 Å². The number of benzene rings is 2. The number of rotatable bonds is 7. The highest BCUT2D eigenvalue weighted by molar-refractivity contribution is 5.99. The first-order chi connectivity index (χ1) is 11.2. The molecule has 0 saturated carbocycles. The van der Waals surface area contributed by atoms with Crippen LogP contribution in [0.25, 0.3) is 0 Å². The molecule has 23 heavy (non-hydrogen) atoms. The quantitative estimate of drug-likeness (QED) is 0.610. The number of hydrogen-bond acceptors (Lipinski definition) is 4. The summed E-state index contributed by atoms with van der Waals surface area (Å²) in [5, 5.41) is 7.14. The summed E-state index contributed by atoms with van der Waals surface area (Å²) in [5.41, 5.74) is 5.14. The fourth-order valence-corrected chi connectivity index (χ4v) is 1.95. The Bertz CT molecular complexity index is 652. The monoisotopic (exact) mass is 311 g/mol. The molecule has 2 N–H and O–H groups in total. The molecule has 0 aromatic heterocycles. The SMILES string of the molecule is CCOc1ccc(NCC(=O)N/N=C(/C)c2ccccc2)cc1. The lowest BCUT2D eigenvalue weighted by Gasteiger charge is -2.07. The number of hydrazone groups is 1. The Morgan fingerprint density at radius 2 is 1.78 bits per heavy atom. The summed E-state index contributed by atoms with van der Waals surface area (Å²) in [6.07, 6.45) is 0. The Kier molecular flexibility index (Phi) is 6.17. The van der Waals surface area contributed by atoms with Crippen molar-refractivity contribution in [2.24, 2.45) is 5.10 Å². The zero-order valence-corrected chi connectivity index (χ0v) is 13.4. The van der Waals surface area contributed by atoms with E-state index in [9.17, 15) is 4.79 Å². The third kappa shape index (κ3) is 5.47. The van der Waals surface area contributed by atoms with Gasteiger partial charge in [-0.1, -0.05) is 30.3 Å². The molecule has 0 unspecified atom stereocenters. The number of ether oxygens (including phenoxy) is 1. The Labute approximate surface area is 136 Å². The predicted molar refractivity (Wildman–Crippen MR) is 92.9 cm³/mol. The van der Waals surface area contributed by atoms with E-state index < -0.39 is 0 Å². The van der Waals surface area contributed by atoms with Gasteiger partial charge in [-0.25, -0.2) is 5.43 Å². The van der Waals surface area contributed by atoms with Crippen LogP contribution in [0.2, 0.25) is 0 Å². The van der Waals surface area contributed by atoms with E-state index in [-0.39, 0.29) is 12.5 Å². The minimum atomic E-state index is -0.200. The molecule has 0 fully saturated rings. The van der Waals surface area contributed by atoms with Crippen LogP contribution in [0.15, 0.2) is 59.7 Å². The van der Waals surface area contributed by atoms with Gasteiger partial charge < -0.3 is 10.1 Å². The number of nitrogens with zero attached hydrogens (tertiary/aromatic N) is 1. The van der Waals surface area contributed by atoms with Crippen LogP contribution in [0, 0.1) is 0 Å². The second-order valence-electron chi connectivity index (χ2n) is 4.91. The first-order valence-corrected chi connectivity index (χ1v) is 7.54. The molecule has 0 aliphatic rings. The van der Waals surface area contributed by atoms with Crippen LogP contribution in [0.5, 0.6) is 5.75 Å². The zero-order valence-electron chi connectivity index (χ0n) is 13.4. The van der Waals surface area contributed by atoms with Crippen molar-refractivity contribution in [1.29, 1.82) is 0 Å². The molecule has 0 saturated heterocycles. The van der Waals surface area contributed by atoms with E-state index in [1.54, 1.807) is 0 Å². The summed E-state index contributed by atoms with van der Waals surface area (Å²) in [6, 6.07) is 17.2. The second kappa shape index (κ2) is 8.58. The third-order valence-corrected chi connectivity index (χ3v) is 3.16. The first kappa shape index (κ1) is 16.5. The Morgan fingerprint density at radius 1 is 1.09 bits per heavy atom. The van der Waals surface area contributed by atoms with Gasteiger partial charge in [0, 0.05) is 5.69 Å². The lowest BCUT2D eigenvalue weighted by molar-refractivity contribution is -0.119. The van der Waals surface area contributed by atoms with Gasteiger partial charge in [-0.15, -0.1) is 0 Å². The fraction of sp³-hybridized carbons (Fsp3) is 0.222. The van der Waals surface area contributed by atoms with Crippen LogP contribution >= 0.6 is 0 Å². The fourth-order valence-electron chi connectivity index (χ4n) is 1.95. The van der Waals surface area contributed by atoms with E-state index in [0.717, 1.165) is 22.7 Å². The molecule has 0 aliphatic heterocycles. The molecule has 2 aromatic carbocycles. The predicted octanol–water partition coefficient (Wildman–Crippen LogP) is 3.04. The van der Waals surface area contributed by atoms with Gasteiger partial charge in [0.05, 0.1) is 18.9 Å². The summed E-state index contributed by atoms with van der Waals surface area (Å²) in [4.78, 5) is 11.8. The Balaban J connectivity index is 1.81. The number of nitrogens with one attached hydrogen (secondary N) is 2. The Morgan fingerprint density at radius 3 is 2.43 bits per heavy atom. The molecule has 0 aliphatic carbocycles. The summed E-state index contributed by atoms with van der Waals surface area (Å²) >= 11 is 0. The van der Waals surface area contributed by atoms with Gasteiger partial charge in [-0.2, -0.15) is 5.10 Å². The topological polar surface area (TPSA) is 62.7 Å². The number of carbonyl (C=O) groups is 1. The minimum absolute atomic E-state index is 0.152. The maximum Gasteiger partial charge on any atom is 0.259 e. The number of anilines is 1. The van der Waals surface area contributed by atoms with E-state index in [1.807, 2.05) is 68.4 Å². The van der Waals surface area contributed by atoms with Crippen LogP contribution in [-0.4, -0.2) is 24.8 Å². The molecule has 0 spiro atoms. The van der Waals surface area contributed by atoms with E-state index in [2.05, 4.69) is 15.8 Å². The molecule has 2 aromatic rings. The van der Waals surface area contributed by atoms with Crippen LogP contribution in [-0.2, 0) is 4.79 Å². The van der Waals surface area contributed by atoms with Gasteiger partial charge in [0.2, 0.25) is 0 Å². The van der Waals surface area contributed by atoms with Crippen LogP contribution in [0.1, 0.15) is 19.4 Å². The lowest BCUT2D eigenvalue weighted by atomic mass is 10.1. The number of amides is 1. The molecule has 0 atom stereocenters. The van der Waals surface area contributed by atoms with E-state index in [1.165, 1.54) is 0 Å². The summed E-state index contributed by atoms with van der Waals surface area (Å²) in [7, 11) is 0. The van der Waals surface area contributed by atoms with E-state index in [4.69, 9.17) is 4.74 Å². The highest BCUT2D eigenvalue weighted by atomic mass is 16.5. The molecule has 0 heterocycles. The van der Waals surface area contributed by atoms with Crippen LogP contribution in [0.3, 0.4) is 0 Å². The Hall–Kier alpha value is -2.82. The van der Waals surface area contributed by atoms with Gasteiger partial charge >= 0.3 is 0 Å². The minimum Gasteiger partial charge on any atom is -0.494 e. The highest BCUT2D eigenvalue weighted by Crippen LogP contribution is 2.15. The maximum atomic E-state index is 11.8. The van der Waals surface area contributed by atoms with Crippen LogP contribution < -0.4 is 15.5 Å². The molecule has 5 heteroatoms. The molecule has 1 amide bonds. The molecular weight excluding hydrogens is 290 g/mol. The van der Waals surface area contributed by atoms with Crippen molar-refractivity contribution in [3.63, 3.8) is 0 Å². The van der Waals surface area contributed by atoms with Gasteiger partial charge in [-0.05, 0) is 43.7 Å². The van der Waals surface area contributed by atoms with Gasteiger partial charge in [-0.3, -0.25) is 4.79 Å². The highest BCUT2D eigenvalue weighted by Gasteiger charge is 2.01. The molecular formula is C18H21N3O2. The smallest absolute Gasteiger partial charge is 0.259 e. The van der Waals surface area contributed by atoms with Crippen molar-refractivity contribution in [3.05, 3.63) is 60.2 Å². The molecule has 0 bridgehead atoms. The number of carbonyl (C=O) groups excluding carboxylic acids is 1. The van der Waals surface area contributed by atoms with Crippen molar-refractivity contribution in [1.82, 2.24) is 5.43 Å². The van der Waals surface area contributed by atoms with Crippen molar-refractivity contribution in [2.45, 2.75) is 13.8 Å². The van der Waals surface area contributed by atoms with Crippen molar-refractivity contribution in [3.8, 4) is 5.75 Å². The van der Waals surface area contributed by atoms with Crippen molar-refractivity contribution < 1.29 is 9.53 Å². The molecule has 0 radical (unpaired) electrons. The lowest BCUT2D eigenvalue weighted by Crippen LogP contribution is -2.26. The maximum absolute atomic E-state index is 11.8. The largest absolute Gasteiger partial charge is 0.494 e. The third-order valence-electron chi connectivity index (χ3n) is 3.16. The first-order valence-electron chi connectivity index (χ1n) is 7.54. The summed E-state index contributed by atoms with van der Waals surface area (Å²) in [6.45, 7) is 4.58. The van der Waals surface area contributed by atoms with Gasteiger partial charge in [0.25, 0.3) is 5.91 Å². The van der Waals surface area contributed by atoms with Gasteiger partial charge in [0.1, 0.15) is 5.75 Å². The average Bonchev–Trinajstić information content (AvgIpc) is 2.60. The van der Waals surface area contributed by atoms with Crippen molar-refractivity contribution >= 4 is 17.3 Å². The standard InChI is InChI=1S/C18H21N3O2/c1-3-23-17-11-9-16(10-12-17)19-13-18(22)21-20-14(2)15-7-5-4-6-8-15/h4-12,19H,3,13H2,1-2H3,(H,21,22)/b20-14-. The second-order valence-corrected chi connectivity index (χ2v) is 4.91. The van der Waals surface area contributed by atoms with E-state index >= 15 is 0 Å². The van der Waals surface area contributed by atoms with E-state index in [0.29, 0.717) is 6.61 Å². The summed E-state index contributed by atoms with van der Waals surface area (Å²) < 4.78 is 5.37. The molecule has 5 nitrogen and oxygen atoms in total. The molecule has 2 rings (SSSR count). The average molecular weight is 311 g/mol.